The van der Waals surface area contributed by atoms with Crippen molar-refractivity contribution in [2.24, 2.45) is 5.92 Å². The van der Waals surface area contributed by atoms with Crippen molar-refractivity contribution >= 4 is 5.91 Å². The Labute approximate surface area is 90.6 Å². The molecule has 0 aromatic rings. The summed E-state index contributed by atoms with van der Waals surface area (Å²) >= 11 is 0. The summed E-state index contributed by atoms with van der Waals surface area (Å²) in [4.78, 5) is 13.7. The van der Waals surface area contributed by atoms with E-state index < -0.39 is 5.60 Å². The SMILES string of the molecule is CC1(O)CCN(C(=O)CC2CNC2)CC1. The van der Waals surface area contributed by atoms with Crippen LogP contribution in [0.15, 0.2) is 0 Å². The number of amides is 1. The highest BCUT2D eigenvalue weighted by atomic mass is 16.3. The maximum absolute atomic E-state index is 11.8. The zero-order valence-electron chi connectivity index (χ0n) is 9.33. The second-order valence-electron chi connectivity index (χ2n) is 5.11. The molecule has 2 N–H and O–H groups in total. The second kappa shape index (κ2) is 4.10. The van der Waals surface area contributed by atoms with Gasteiger partial charge in [0, 0.05) is 19.5 Å². The Hall–Kier alpha value is -0.610. The summed E-state index contributed by atoms with van der Waals surface area (Å²) in [5.41, 5.74) is -0.561. The molecular weight excluding hydrogens is 192 g/mol. The van der Waals surface area contributed by atoms with Gasteiger partial charge in [-0.15, -0.1) is 0 Å². The van der Waals surface area contributed by atoms with Crippen LogP contribution in [0.3, 0.4) is 0 Å². The summed E-state index contributed by atoms with van der Waals surface area (Å²) in [7, 11) is 0. The fourth-order valence-electron chi connectivity index (χ4n) is 2.11. The maximum Gasteiger partial charge on any atom is 0.222 e. The van der Waals surface area contributed by atoms with Gasteiger partial charge in [0.05, 0.1) is 5.60 Å². The average molecular weight is 212 g/mol. The van der Waals surface area contributed by atoms with Gasteiger partial charge in [-0.3, -0.25) is 4.79 Å². The van der Waals surface area contributed by atoms with Crippen LogP contribution in [0.5, 0.6) is 0 Å². The quantitative estimate of drug-likeness (QED) is 0.676. The molecule has 0 saturated carbocycles. The Balaban J connectivity index is 1.76. The Morgan fingerprint density at radius 2 is 2.07 bits per heavy atom. The lowest BCUT2D eigenvalue weighted by Crippen LogP contribution is -2.48. The lowest BCUT2D eigenvalue weighted by Gasteiger charge is -2.37. The van der Waals surface area contributed by atoms with Crippen LogP contribution in [0.4, 0.5) is 0 Å². The Bertz CT molecular complexity index is 239. The molecule has 0 aromatic heterocycles. The lowest BCUT2D eigenvalue weighted by molar-refractivity contribution is -0.136. The molecule has 0 atom stereocenters. The molecule has 0 aliphatic carbocycles. The molecule has 0 unspecified atom stereocenters. The summed E-state index contributed by atoms with van der Waals surface area (Å²) in [5, 5.41) is 12.9. The van der Waals surface area contributed by atoms with E-state index in [0.717, 1.165) is 13.1 Å². The second-order valence-corrected chi connectivity index (χ2v) is 5.11. The number of carbonyl (C=O) groups excluding carboxylic acids is 1. The predicted octanol–water partition coefficient (Wildman–Crippen LogP) is -0.0307. The molecule has 15 heavy (non-hydrogen) atoms. The van der Waals surface area contributed by atoms with Gasteiger partial charge in [-0.2, -0.15) is 0 Å². The molecule has 2 fully saturated rings. The third-order valence-corrected chi connectivity index (χ3v) is 3.52. The van der Waals surface area contributed by atoms with Crippen molar-refractivity contribution in [2.45, 2.75) is 31.8 Å². The highest BCUT2D eigenvalue weighted by Gasteiger charge is 2.31. The van der Waals surface area contributed by atoms with Crippen molar-refractivity contribution in [1.82, 2.24) is 10.2 Å². The molecule has 0 spiro atoms. The van der Waals surface area contributed by atoms with E-state index in [-0.39, 0.29) is 5.91 Å². The van der Waals surface area contributed by atoms with Gasteiger partial charge in [0.25, 0.3) is 0 Å². The molecule has 2 saturated heterocycles. The van der Waals surface area contributed by atoms with Gasteiger partial charge in [0.1, 0.15) is 0 Å². The van der Waals surface area contributed by atoms with Gasteiger partial charge < -0.3 is 15.3 Å². The molecule has 4 heteroatoms. The first-order valence-electron chi connectivity index (χ1n) is 5.78. The molecule has 2 aliphatic heterocycles. The Morgan fingerprint density at radius 1 is 1.47 bits per heavy atom. The summed E-state index contributed by atoms with van der Waals surface area (Å²) in [6.45, 7) is 5.25. The van der Waals surface area contributed by atoms with Crippen molar-refractivity contribution in [3.8, 4) is 0 Å². The van der Waals surface area contributed by atoms with Crippen molar-refractivity contribution in [2.75, 3.05) is 26.2 Å². The zero-order valence-corrected chi connectivity index (χ0v) is 9.33. The zero-order chi connectivity index (χ0) is 10.9. The van der Waals surface area contributed by atoms with Crippen LogP contribution in [-0.4, -0.2) is 47.7 Å². The van der Waals surface area contributed by atoms with Gasteiger partial charge in [-0.25, -0.2) is 0 Å². The fourth-order valence-corrected chi connectivity index (χ4v) is 2.11. The first-order valence-corrected chi connectivity index (χ1v) is 5.78. The molecule has 2 heterocycles. The van der Waals surface area contributed by atoms with Crippen LogP contribution in [-0.2, 0) is 4.79 Å². The number of nitrogens with zero attached hydrogens (tertiary/aromatic N) is 1. The van der Waals surface area contributed by atoms with Gasteiger partial charge in [-0.1, -0.05) is 0 Å². The van der Waals surface area contributed by atoms with Crippen molar-refractivity contribution in [3.05, 3.63) is 0 Å². The van der Waals surface area contributed by atoms with Gasteiger partial charge in [-0.05, 0) is 38.8 Å². The van der Waals surface area contributed by atoms with E-state index >= 15 is 0 Å². The molecule has 0 bridgehead atoms. The first-order chi connectivity index (χ1) is 7.07. The van der Waals surface area contributed by atoms with Crippen LogP contribution in [0, 0.1) is 5.92 Å². The smallest absolute Gasteiger partial charge is 0.222 e. The number of nitrogens with one attached hydrogen (secondary N) is 1. The monoisotopic (exact) mass is 212 g/mol. The minimum absolute atomic E-state index is 0.261. The van der Waals surface area contributed by atoms with Crippen LogP contribution < -0.4 is 5.32 Å². The molecule has 1 amide bonds. The number of piperidine rings is 1. The molecule has 0 aromatic carbocycles. The fraction of sp³-hybridized carbons (Fsp3) is 0.909. The van der Waals surface area contributed by atoms with E-state index in [2.05, 4.69) is 5.32 Å². The Kier molecular flexibility index (Phi) is 2.98. The number of likely N-dealkylation sites (tertiary alicyclic amines) is 1. The van der Waals surface area contributed by atoms with Gasteiger partial charge >= 0.3 is 0 Å². The van der Waals surface area contributed by atoms with Crippen LogP contribution in [0.25, 0.3) is 0 Å². The highest BCUT2D eigenvalue weighted by Crippen LogP contribution is 2.22. The van der Waals surface area contributed by atoms with Crippen molar-refractivity contribution in [1.29, 1.82) is 0 Å². The molecule has 4 nitrogen and oxygen atoms in total. The largest absolute Gasteiger partial charge is 0.390 e. The van der Waals surface area contributed by atoms with Crippen molar-refractivity contribution < 1.29 is 9.90 Å². The minimum Gasteiger partial charge on any atom is -0.390 e. The molecular formula is C11H20N2O2. The van der Waals surface area contributed by atoms with E-state index in [1.165, 1.54) is 0 Å². The lowest BCUT2D eigenvalue weighted by atomic mass is 9.92. The van der Waals surface area contributed by atoms with Gasteiger partial charge in [0.2, 0.25) is 5.91 Å². The average Bonchev–Trinajstić information content (AvgIpc) is 2.11. The molecule has 2 rings (SSSR count). The minimum atomic E-state index is -0.561. The maximum atomic E-state index is 11.8. The topological polar surface area (TPSA) is 52.6 Å². The Morgan fingerprint density at radius 3 is 2.53 bits per heavy atom. The van der Waals surface area contributed by atoms with Gasteiger partial charge in [0.15, 0.2) is 0 Å². The third-order valence-electron chi connectivity index (χ3n) is 3.52. The summed E-state index contributed by atoms with van der Waals surface area (Å²) < 4.78 is 0. The standard InChI is InChI=1S/C11H20N2O2/c1-11(15)2-4-13(5-3-11)10(14)6-9-7-12-8-9/h9,12,15H,2-8H2,1H3. The predicted molar refractivity (Wildman–Crippen MR) is 57.4 cm³/mol. The number of carbonyl (C=O) groups is 1. The van der Waals surface area contributed by atoms with Crippen LogP contribution in [0.1, 0.15) is 26.2 Å². The first kappa shape index (κ1) is 10.9. The van der Waals surface area contributed by atoms with E-state index in [9.17, 15) is 9.90 Å². The molecule has 86 valence electrons. The summed E-state index contributed by atoms with van der Waals surface area (Å²) in [5.74, 6) is 0.803. The normalized spacial score (nSPS) is 26.1. The number of hydrogen-bond acceptors (Lipinski definition) is 3. The summed E-state index contributed by atoms with van der Waals surface area (Å²) in [6, 6.07) is 0. The van der Waals surface area contributed by atoms with Crippen molar-refractivity contribution in [3.63, 3.8) is 0 Å². The van der Waals surface area contributed by atoms with E-state index in [4.69, 9.17) is 0 Å². The molecule has 2 aliphatic rings. The summed E-state index contributed by atoms with van der Waals surface area (Å²) in [6.07, 6.45) is 2.10. The number of aliphatic hydroxyl groups is 1. The van der Waals surface area contributed by atoms with Crippen LogP contribution >= 0.6 is 0 Å². The van der Waals surface area contributed by atoms with E-state index in [1.54, 1.807) is 0 Å². The number of rotatable bonds is 2. The highest BCUT2D eigenvalue weighted by molar-refractivity contribution is 5.76. The molecule has 0 radical (unpaired) electrons. The van der Waals surface area contributed by atoms with E-state index in [0.29, 0.717) is 38.3 Å². The van der Waals surface area contributed by atoms with E-state index in [1.807, 2.05) is 11.8 Å². The third kappa shape index (κ3) is 2.69. The van der Waals surface area contributed by atoms with Crippen LogP contribution in [0.2, 0.25) is 0 Å². The number of hydrogen-bond donors (Lipinski definition) is 2.